The van der Waals surface area contributed by atoms with Gasteiger partial charge < -0.3 is 9.47 Å². The number of nitrogens with zero attached hydrogens (tertiary/aromatic N) is 4. The number of benzene rings is 1. The zero-order chi connectivity index (χ0) is 17.1. The fraction of sp³-hybridized carbons (Fsp3) is 0.474. The summed E-state index contributed by atoms with van der Waals surface area (Å²) in [6.45, 7) is 9.19. The van der Waals surface area contributed by atoms with Gasteiger partial charge in [0.15, 0.2) is 0 Å². The van der Waals surface area contributed by atoms with Crippen molar-refractivity contribution in [3.63, 3.8) is 0 Å². The number of aromatic nitrogens is 2. The highest BCUT2D eigenvalue weighted by Gasteiger charge is 2.30. The highest BCUT2D eigenvalue weighted by atomic mass is 16.2. The number of hydrogen-bond acceptors (Lipinski definition) is 3. The molecule has 0 saturated carbocycles. The second kappa shape index (κ2) is 7.18. The van der Waals surface area contributed by atoms with Crippen LogP contribution in [0, 0.1) is 0 Å². The summed E-state index contributed by atoms with van der Waals surface area (Å²) in [4.78, 5) is 20.8. The van der Waals surface area contributed by atoms with E-state index in [1.54, 1.807) is 6.92 Å². The van der Waals surface area contributed by atoms with E-state index >= 15 is 0 Å². The van der Waals surface area contributed by atoms with Crippen LogP contribution in [0.2, 0.25) is 0 Å². The Hall–Kier alpha value is -2.14. The highest BCUT2D eigenvalue weighted by molar-refractivity contribution is 5.73. The maximum absolute atomic E-state index is 11.8. The van der Waals surface area contributed by atoms with Gasteiger partial charge in [-0.1, -0.05) is 30.3 Å². The number of rotatable bonds is 4. The predicted molar refractivity (Wildman–Crippen MR) is 94.5 cm³/mol. The number of piperazine rings is 1. The molecule has 2 heterocycles. The average Bonchev–Trinajstić information content (AvgIpc) is 3.04. The van der Waals surface area contributed by atoms with Gasteiger partial charge in [-0.2, -0.15) is 0 Å². The third kappa shape index (κ3) is 3.51. The third-order valence-corrected chi connectivity index (χ3v) is 4.77. The monoisotopic (exact) mass is 326 g/mol. The SMILES string of the molecule is CC(=O)N1CCN(Cc2nccn2C(C)C)C(c2ccccc2)C1. The van der Waals surface area contributed by atoms with Crippen molar-refractivity contribution in [1.82, 2.24) is 19.4 Å². The minimum Gasteiger partial charge on any atom is -0.340 e. The van der Waals surface area contributed by atoms with Gasteiger partial charge in [0.25, 0.3) is 0 Å². The van der Waals surface area contributed by atoms with Crippen molar-refractivity contribution < 1.29 is 4.79 Å². The van der Waals surface area contributed by atoms with Crippen LogP contribution < -0.4 is 0 Å². The summed E-state index contributed by atoms with van der Waals surface area (Å²) in [7, 11) is 0. The molecule has 1 aliphatic heterocycles. The molecular weight excluding hydrogens is 300 g/mol. The Labute approximate surface area is 143 Å². The van der Waals surface area contributed by atoms with E-state index in [0.717, 1.165) is 32.0 Å². The van der Waals surface area contributed by atoms with Crippen molar-refractivity contribution in [1.29, 1.82) is 0 Å². The Morgan fingerprint density at radius 1 is 1.25 bits per heavy atom. The maximum atomic E-state index is 11.8. The second-order valence-electron chi connectivity index (χ2n) is 6.71. The van der Waals surface area contributed by atoms with E-state index in [4.69, 9.17) is 0 Å². The molecule has 1 aliphatic rings. The van der Waals surface area contributed by atoms with Crippen molar-refractivity contribution in [3.8, 4) is 0 Å². The zero-order valence-corrected chi connectivity index (χ0v) is 14.7. The molecule has 2 aromatic rings. The summed E-state index contributed by atoms with van der Waals surface area (Å²) in [6.07, 6.45) is 3.92. The minimum atomic E-state index is 0.152. The Morgan fingerprint density at radius 2 is 2.00 bits per heavy atom. The summed E-state index contributed by atoms with van der Waals surface area (Å²) in [5.41, 5.74) is 1.26. The zero-order valence-electron chi connectivity index (χ0n) is 14.7. The summed E-state index contributed by atoms with van der Waals surface area (Å²) in [6, 6.07) is 11.1. The lowest BCUT2D eigenvalue weighted by molar-refractivity contribution is -0.132. The molecule has 1 atom stereocenters. The minimum absolute atomic E-state index is 0.152. The fourth-order valence-corrected chi connectivity index (χ4v) is 3.41. The van der Waals surface area contributed by atoms with Crippen LogP contribution in [0.1, 0.15) is 44.2 Å². The summed E-state index contributed by atoms with van der Waals surface area (Å²) >= 11 is 0. The average molecular weight is 326 g/mol. The van der Waals surface area contributed by atoms with Crippen molar-refractivity contribution in [2.24, 2.45) is 0 Å². The number of amides is 1. The molecule has 0 spiro atoms. The molecule has 1 fully saturated rings. The summed E-state index contributed by atoms with van der Waals surface area (Å²) in [5, 5.41) is 0. The van der Waals surface area contributed by atoms with Crippen molar-refractivity contribution >= 4 is 5.91 Å². The third-order valence-electron chi connectivity index (χ3n) is 4.77. The molecule has 1 amide bonds. The first-order valence-corrected chi connectivity index (χ1v) is 8.62. The topological polar surface area (TPSA) is 41.4 Å². The van der Waals surface area contributed by atoms with E-state index in [-0.39, 0.29) is 11.9 Å². The molecule has 5 nitrogen and oxygen atoms in total. The van der Waals surface area contributed by atoms with Gasteiger partial charge in [-0.05, 0) is 19.4 Å². The lowest BCUT2D eigenvalue weighted by Crippen LogP contribution is -2.49. The summed E-state index contributed by atoms with van der Waals surface area (Å²) in [5.74, 6) is 1.24. The fourth-order valence-electron chi connectivity index (χ4n) is 3.41. The maximum Gasteiger partial charge on any atom is 0.219 e. The van der Waals surface area contributed by atoms with Crippen LogP contribution in [-0.2, 0) is 11.3 Å². The molecule has 1 unspecified atom stereocenters. The number of carbonyl (C=O) groups excluding carboxylic acids is 1. The molecule has 24 heavy (non-hydrogen) atoms. The molecule has 5 heteroatoms. The molecule has 0 N–H and O–H groups in total. The number of hydrogen-bond donors (Lipinski definition) is 0. The van der Waals surface area contributed by atoms with Crippen LogP contribution in [0.15, 0.2) is 42.7 Å². The molecule has 1 saturated heterocycles. The van der Waals surface area contributed by atoms with Crippen LogP contribution in [0.25, 0.3) is 0 Å². The van der Waals surface area contributed by atoms with Gasteiger partial charge in [-0.25, -0.2) is 4.98 Å². The molecule has 3 rings (SSSR count). The Morgan fingerprint density at radius 3 is 2.67 bits per heavy atom. The lowest BCUT2D eigenvalue weighted by Gasteiger charge is -2.41. The largest absolute Gasteiger partial charge is 0.340 e. The van der Waals surface area contributed by atoms with E-state index in [2.05, 4.69) is 52.6 Å². The van der Waals surface area contributed by atoms with Gasteiger partial charge in [0.2, 0.25) is 5.91 Å². The van der Waals surface area contributed by atoms with Gasteiger partial charge in [0, 0.05) is 45.0 Å². The standard InChI is InChI=1S/C19H26N4O/c1-15(2)23-10-9-20-19(23)14-22-12-11-21(16(3)24)13-18(22)17-7-5-4-6-8-17/h4-10,15,18H,11-14H2,1-3H3. The van der Waals surface area contributed by atoms with Crippen molar-refractivity contribution in [2.75, 3.05) is 19.6 Å². The Kier molecular flexibility index (Phi) is 5.00. The van der Waals surface area contributed by atoms with Crippen LogP contribution in [0.4, 0.5) is 0 Å². The van der Waals surface area contributed by atoms with Crippen LogP contribution in [0.5, 0.6) is 0 Å². The van der Waals surface area contributed by atoms with E-state index in [0.29, 0.717) is 6.04 Å². The first-order valence-electron chi connectivity index (χ1n) is 8.62. The van der Waals surface area contributed by atoms with Crippen LogP contribution in [-0.4, -0.2) is 44.9 Å². The Bertz CT molecular complexity index is 680. The molecule has 0 radical (unpaired) electrons. The highest BCUT2D eigenvalue weighted by Crippen LogP contribution is 2.27. The van der Waals surface area contributed by atoms with Gasteiger partial charge in [-0.15, -0.1) is 0 Å². The van der Waals surface area contributed by atoms with Gasteiger partial charge in [0.1, 0.15) is 5.82 Å². The molecule has 0 bridgehead atoms. The smallest absolute Gasteiger partial charge is 0.219 e. The molecule has 1 aromatic carbocycles. The van der Waals surface area contributed by atoms with Crippen molar-refractivity contribution in [2.45, 2.75) is 39.4 Å². The van der Waals surface area contributed by atoms with E-state index in [9.17, 15) is 4.79 Å². The normalized spacial score (nSPS) is 19.0. The van der Waals surface area contributed by atoms with Crippen LogP contribution in [0.3, 0.4) is 0 Å². The second-order valence-corrected chi connectivity index (χ2v) is 6.71. The lowest BCUT2D eigenvalue weighted by atomic mass is 10.0. The van der Waals surface area contributed by atoms with Gasteiger partial charge in [0.05, 0.1) is 12.6 Å². The van der Waals surface area contributed by atoms with Crippen molar-refractivity contribution in [3.05, 3.63) is 54.1 Å². The van der Waals surface area contributed by atoms with Gasteiger partial charge >= 0.3 is 0 Å². The molecule has 128 valence electrons. The first kappa shape index (κ1) is 16.7. The van der Waals surface area contributed by atoms with E-state index in [1.807, 2.05) is 23.4 Å². The quantitative estimate of drug-likeness (QED) is 0.867. The Balaban J connectivity index is 1.84. The first-order chi connectivity index (χ1) is 11.6. The summed E-state index contributed by atoms with van der Waals surface area (Å²) < 4.78 is 2.22. The van der Waals surface area contributed by atoms with Crippen LogP contribution >= 0.6 is 0 Å². The van der Waals surface area contributed by atoms with E-state index < -0.39 is 0 Å². The predicted octanol–water partition coefficient (Wildman–Crippen LogP) is 2.87. The molecule has 1 aromatic heterocycles. The van der Waals surface area contributed by atoms with Gasteiger partial charge in [-0.3, -0.25) is 9.69 Å². The number of imidazole rings is 1. The molecular formula is C19H26N4O. The molecule has 0 aliphatic carbocycles. The van der Waals surface area contributed by atoms with E-state index in [1.165, 1.54) is 5.56 Å². The number of carbonyl (C=O) groups is 1.